The van der Waals surface area contributed by atoms with E-state index < -0.39 is 0 Å². The van der Waals surface area contributed by atoms with Crippen molar-refractivity contribution >= 4 is 23.4 Å². The molecule has 2 rings (SSSR count). The molecule has 5 heteroatoms. The van der Waals surface area contributed by atoms with Crippen molar-refractivity contribution in [3.8, 4) is 0 Å². The normalized spacial score (nSPS) is 12.7. The maximum absolute atomic E-state index is 9.23. The minimum absolute atomic E-state index is 0.260. The van der Waals surface area contributed by atoms with Crippen molar-refractivity contribution in [1.82, 2.24) is 5.48 Å². The molecule has 2 aromatic carbocycles. The highest BCUT2D eigenvalue weighted by molar-refractivity contribution is 6.40. The standard InChI is InChI=1S/C17H18N4O/c1-13-7-6-10-16(11-13)19-17(21-22)14(2)20-18-12-15-8-4-3-5-9-15/h3-12,22H,1-2H3,(H,19,21)/b18-12+,20-14+. The summed E-state index contributed by atoms with van der Waals surface area (Å²) in [6.45, 7) is 3.70. The molecular weight excluding hydrogens is 276 g/mol. The lowest BCUT2D eigenvalue weighted by atomic mass is 10.2. The van der Waals surface area contributed by atoms with E-state index in [0.717, 1.165) is 16.8 Å². The molecule has 0 amide bonds. The molecule has 0 spiro atoms. The number of benzene rings is 2. The molecule has 0 aliphatic carbocycles. The molecule has 2 N–H and O–H groups in total. The van der Waals surface area contributed by atoms with Gasteiger partial charge >= 0.3 is 0 Å². The van der Waals surface area contributed by atoms with Crippen LogP contribution in [0.1, 0.15) is 18.1 Å². The molecule has 0 aliphatic rings. The molecule has 0 radical (unpaired) electrons. The first-order valence-electron chi connectivity index (χ1n) is 6.87. The Morgan fingerprint density at radius 2 is 1.86 bits per heavy atom. The van der Waals surface area contributed by atoms with Crippen LogP contribution in [0.25, 0.3) is 0 Å². The molecule has 0 unspecified atom stereocenters. The lowest BCUT2D eigenvalue weighted by molar-refractivity contribution is 0.236. The van der Waals surface area contributed by atoms with Crippen molar-refractivity contribution < 1.29 is 5.21 Å². The van der Waals surface area contributed by atoms with Crippen LogP contribution in [-0.2, 0) is 0 Å². The van der Waals surface area contributed by atoms with Gasteiger partial charge < -0.3 is 0 Å². The van der Waals surface area contributed by atoms with Crippen LogP contribution in [0.4, 0.5) is 5.69 Å². The summed E-state index contributed by atoms with van der Waals surface area (Å²) in [5.41, 5.74) is 5.33. The average molecular weight is 294 g/mol. The van der Waals surface area contributed by atoms with Gasteiger partial charge in [-0.15, -0.1) is 0 Å². The monoisotopic (exact) mass is 294 g/mol. The fourth-order valence-electron chi connectivity index (χ4n) is 1.78. The Bertz CT molecular complexity index is 706. The molecular formula is C17H18N4O. The minimum atomic E-state index is 0.260. The fraction of sp³-hybridized carbons (Fsp3) is 0.118. The van der Waals surface area contributed by atoms with Gasteiger partial charge in [0.25, 0.3) is 0 Å². The zero-order valence-corrected chi connectivity index (χ0v) is 12.6. The van der Waals surface area contributed by atoms with Gasteiger partial charge in [-0.1, -0.05) is 42.5 Å². The molecule has 22 heavy (non-hydrogen) atoms. The quantitative estimate of drug-likeness (QED) is 0.515. The van der Waals surface area contributed by atoms with Gasteiger partial charge in [0.1, 0.15) is 5.71 Å². The topological polar surface area (TPSA) is 69.3 Å². The first-order valence-corrected chi connectivity index (χ1v) is 6.87. The summed E-state index contributed by atoms with van der Waals surface area (Å²) in [7, 11) is 0. The highest BCUT2D eigenvalue weighted by atomic mass is 16.5. The summed E-state index contributed by atoms with van der Waals surface area (Å²) in [6.07, 6.45) is 1.64. The van der Waals surface area contributed by atoms with Gasteiger partial charge in [0, 0.05) is 0 Å². The third kappa shape index (κ3) is 4.64. The van der Waals surface area contributed by atoms with Crippen LogP contribution in [0.2, 0.25) is 0 Å². The second-order valence-corrected chi connectivity index (χ2v) is 4.75. The summed E-state index contributed by atoms with van der Waals surface area (Å²) in [4.78, 5) is 4.31. The molecule has 0 heterocycles. The third-order valence-electron chi connectivity index (χ3n) is 2.91. The van der Waals surface area contributed by atoms with Crippen LogP contribution < -0.4 is 5.48 Å². The Balaban J connectivity index is 2.16. The van der Waals surface area contributed by atoms with Crippen molar-refractivity contribution in [2.24, 2.45) is 15.2 Å². The maximum atomic E-state index is 9.23. The number of hydroxylamine groups is 1. The van der Waals surface area contributed by atoms with Crippen LogP contribution in [0.15, 0.2) is 69.8 Å². The second-order valence-electron chi connectivity index (χ2n) is 4.75. The molecule has 0 atom stereocenters. The van der Waals surface area contributed by atoms with Crippen molar-refractivity contribution in [3.63, 3.8) is 0 Å². The van der Waals surface area contributed by atoms with Gasteiger partial charge in [-0.2, -0.15) is 10.2 Å². The van der Waals surface area contributed by atoms with Gasteiger partial charge in [0.15, 0.2) is 5.84 Å². The maximum Gasteiger partial charge on any atom is 0.173 e. The van der Waals surface area contributed by atoms with Crippen molar-refractivity contribution in [1.29, 1.82) is 0 Å². The van der Waals surface area contributed by atoms with Crippen LogP contribution in [0, 0.1) is 6.92 Å². The number of aliphatic imine (C=N–C) groups is 1. The number of aryl methyl sites for hydroxylation is 1. The molecule has 0 saturated carbocycles. The first kappa shape index (κ1) is 15.6. The molecule has 5 nitrogen and oxygen atoms in total. The zero-order valence-electron chi connectivity index (χ0n) is 12.6. The van der Waals surface area contributed by atoms with Gasteiger partial charge in [0.2, 0.25) is 0 Å². The number of rotatable bonds is 4. The van der Waals surface area contributed by atoms with E-state index in [0.29, 0.717) is 5.71 Å². The van der Waals surface area contributed by atoms with Gasteiger partial charge in [-0.05, 0) is 37.1 Å². The van der Waals surface area contributed by atoms with Gasteiger partial charge in [0.05, 0.1) is 11.9 Å². The molecule has 0 aromatic heterocycles. The van der Waals surface area contributed by atoms with Gasteiger partial charge in [-0.25, -0.2) is 4.99 Å². The fourth-order valence-corrected chi connectivity index (χ4v) is 1.78. The van der Waals surface area contributed by atoms with E-state index in [2.05, 4.69) is 20.7 Å². The number of nitrogens with one attached hydrogen (secondary N) is 1. The smallest absolute Gasteiger partial charge is 0.173 e. The summed E-state index contributed by atoms with van der Waals surface area (Å²) >= 11 is 0. The number of hydrogen-bond donors (Lipinski definition) is 2. The summed E-state index contributed by atoms with van der Waals surface area (Å²) in [5.74, 6) is 0.260. The Labute approximate surface area is 129 Å². The number of nitrogens with zero attached hydrogens (tertiary/aromatic N) is 3. The lowest BCUT2D eigenvalue weighted by Crippen LogP contribution is -2.26. The van der Waals surface area contributed by atoms with Crippen LogP contribution >= 0.6 is 0 Å². The van der Waals surface area contributed by atoms with Crippen LogP contribution in [-0.4, -0.2) is 23.0 Å². The van der Waals surface area contributed by atoms with E-state index in [1.165, 1.54) is 0 Å². The van der Waals surface area contributed by atoms with E-state index in [1.54, 1.807) is 13.1 Å². The van der Waals surface area contributed by atoms with Crippen LogP contribution in [0.3, 0.4) is 0 Å². The van der Waals surface area contributed by atoms with E-state index >= 15 is 0 Å². The Morgan fingerprint density at radius 3 is 2.55 bits per heavy atom. The number of hydrogen-bond acceptors (Lipinski definition) is 4. The summed E-state index contributed by atoms with van der Waals surface area (Å²) in [5, 5.41) is 17.3. The van der Waals surface area contributed by atoms with E-state index in [9.17, 15) is 5.21 Å². The highest BCUT2D eigenvalue weighted by Gasteiger charge is 2.02. The minimum Gasteiger partial charge on any atom is -0.290 e. The van der Waals surface area contributed by atoms with Gasteiger partial charge in [-0.3, -0.25) is 10.7 Å². The first-order chi connectivity index (χ1) is 10.7. The molecule has 112 valence electrons. The van der Waals surface area contributed by atoms with E-state index in [-0.39, 0.29) is 5.84 Å². The second kappa shape index (κ2) is 7.85. The molecule has 0 bridgehead atoms. The van der Waals surface area contributed by atoms with Crippen molar-refractivity contribution in [2.45, 2.75) is 13.8 Å². The SMILES string of the molecule is C/C(=N\N=C\c1ccccc1)C(=Nc1cccc(C)c1)NO. The third-order valence-corrected chi connectivity index (χ3v) is 2.91. The molecule has 0 fully saturated rings. The molecule has 0 aliphatic heterocycles. The van der Waals surface area contributed by atoms with Crippen LogP contribution in [0.5, 0.6) is 0 Å². The predicted molar refractivity (Wildman–Crippen MR) is 90.3 cm³/mol. The van der Waals surface area contributed by atoms with E-state index in [4.69, 9.17) is 0 Å². The van der Waals surface area contributed by atoms with E-state index in [1.807, 2.05) is 61.5 Å². The summed E-state index contributed by atoms with van der Waals surface area (Å²) in [6, 6.07) is 17.3. The molecule has 0 saturated heterocycles. The Morgan fingerprint density at radius 1 is 1.09 bits per heavy atom. The highest BCUT2D eigenvalue weighted by Crippen LogP contribution is 2.13. The zero-order chi connectivity index (χ0) is 15.8. The lowest BCUT2D eigenvalue weighted by Gasteiger charge is -2.03. The Hall–Kier alpha value is -2.79. The van der Waals surface area contributed by atoms with Crippen molar-refractivity contribution in [3.05, 3.63) is 65.7 Å². The average Bonchev–Trinajstić information content (AvgIpc) is 2.53. The number of amidine groups is 1. The predicted octanol–water partition coefficient (Wildman–Crippen LogP) is 3.50. The largest absolute Gasteiger partial charge is 0.290 e. The van der Waals surface area contributed by atoms with Crippen molar-refractivity contribution in [2.75, 3.05) is 0 Å². The summed E-state index contributed by atoms with van der Waals surface area (Å²) < 4.78 is 0. The molecule has 2 aromatic rings. The Kier molecular flexibility index (Phi) is 5.57.